The summed E-state index contributed by atoms with van der Waals surface area (Å²) in [7, 11) is 0. The molecule has 7 heteroatoms. The van der Waals surface area contributed by atoms with Gasteiger partial charge in [0, 0.05) is 36.9 Å². The summed E-state index contributed by atoms with van der Waals surface area (Å²) in [5.74, 6) is 1.68. The van der Waals surface area contributed by atoms with E-state index in [-0.39, 0.29) is 41.3 Å². The summed E-state index contributed by atoms with van der Waals surface area (Å²) in [6, 6.07) is 15.0. The summed E-state index contributed by atoms with van der Waals surface area (Å²) in [5, 5.41) is 0. The maximum absolute atomic E-state index is 14.2. The van der Waals surface area contributed by atoms with Crippen LogP contribution in [0, 0.1) is 5.92 Å². The Bertz CT molecular complexity index is 1480. The fraction of sp³-hybridized carbons (Fsp3) is 0.651. The van der Waals surface area contributed by atoms with Crippen LogP contribution in [0.5, 0.6) is 11.5 Å². The first-order valence-electron chi connectivity index (χ1n) is 19.9. The standard InChI is InChI=1S/C43H60N2O5/c1-4-5-17-27-45(39(48)21-16-11-9-7-6-8-10-13-18-33-19-14-12-15-20-33)36-24-23-35-37-29-34-22-25-38(49-32(3)47)41-40(34)43(35,42(36)50-41)26-28-44(37)30-31(2)46/h12,14-15,19-20,22,25,35-37,42H,4-11,13,16-18,21,23-24,26-30H2,1-3H3/t35-,36-,37+,42-,43-/m0/s1. The van der Waals surface area contributed by atoms with Gasteiger partial charge in [-0.1, -0.05) is 94.7 Å². The number of unbranched alkanes of at least 4 members (excludes halogenated alkanes) is 9. The molecule has 7 nitrogen and oxygen atoms in total. The normalized spacial score (nSPS) is 24.7. The molecule has 2 bridgehead atoms. The molecular formula is C43H60N2O5. The molecule has 2 aliphatic carbocycles. The Kier molecular flexibility index (Phi) is 12.4. The van der Waals surface area contributed by atoms with Crippen LogP contribution in [-0.2, 0) is 32.6 Å². The van der Waals surface area contributed by atoms with Crippen LogP contribution in [0.1, 0.15) is 134 Å². The van der Waals surface area contributed by atoms with Crippen LogP contribution in [0.25, 0.3) is 0 Å². The van der Waals surface area contributed by atoms with E-state index in [9.17, 15) is 14.4 Å². The van der Waals surface area contributed by atoms with Crippen molar-refractivity contribution in [3.05, 3.63) is 59.2 Å². The van der Waals surface area contributed by atoms with Crippen LogP contribution >= 0.6 is 0 Å². The zero-order valence-corrected chi connectivity index (χ0v) is 30.9. The Labute approximate surface area is 300 Å². The molecular weight excluding hydrogens is 624 g/mol. The molecule has 1 amide bonds. The van der Waals surface area contributed by atoms with Gasteiger partial charge in [0.15, 0.2) is 11.5 Å². The van der Waals surface area contributed by atoms with E-state index >= 15 is 0 Å². The molecule has 0 N–H and O–H groups in total. The van der Waals surface area contributed by atoms with E-state index in [4.69, 9.17) is 9.47 Å². The van der Waals surface area contributed by atoms with Gasteiger partial charge in [-0.2, -0.15) is 0 Å². The molecule has 2 aromatic rings. The Morgan fingerprint density at radius 1 is 0.900 bits per heavy atom. The van der Waals surface area contributed by atoms with Gasteiger partial charge in [0.2, 0.25) is 5.91 Å². The molecule has 1 saturated carbocycles. The SMILES string of the molecule is CCCCCN(C(=O)CCCCCCCCCCc1ccccc1)[C@H]1CC[C@H]2[C@H]3Cc4ccc(OC(C)=O)c5c4[C@@]2(CCN3CC(C)=O)[C@H]1O5. The van der Waals surface area contributed by atoms with E-state index in [1.807, 2.05) is 6.07 Å². The number of carbonyl (C=O) groups is 3. The van der Waals surface area contributed by atoms with Crippen LogP contribution < -0.4 is 9.47 Å². The Morgan fingerprint density at radius 3 is 2.36 bits per heavy atom. The number of carbonyl (C=O) groups excluding carboxylic acids is 3. The van der Waals surface area contributed by atoms with Crippen LogP contribution in [0.4, 0.5) is 0 Å². The molecule has 2 heterocycles. The molecule has 0 radical (unpaired) electrons. The molecule has 4 aliphatic rings. The number of nitrogens with zero attached hydrogens (tertiary/aromatic N) is 2. The predicted octanol–water partition coefficient (Wildman–Crippen LogP) is 8.38. The average Bonchev–Trinajstić information content (AvgIpc) is 3.45. The quantitative estimate of drug-likeness (QED) is 0.0841. The number of esters is 1. The first-order chi connectivity index (χ1) is 24.3. The molecule has 0 aromatic heterocycles. The number of ether oxygens (including phenoxy) is 2. The summed E-state index contributed by atoms with van der Waals surface area (Å²) >= 11 is 0. The lowest BCUT2D eigenvalue weighted by Crippen LogP contribution is -2.69. The van der Waals surface area contributed by atoms with E-state index in [0.29, 0.717) is 24.6 Å². The third-order valence-electron chi connectivity index (χ3n) is 12.2. The first kappa shape index (κ1) is 36.6. The smallest absolute Gasteiger partial charge is 0.308 e. The molecule has 0 unspecified atom stereocenters. The van der Waals surface area contributed by atoms with Gasteiger partial charge in [-0.25, -0.2) is 0 Å². The van der Waals surface area contributed by atoms with Gasteiger partial charge in [-0.05, 0) is 87.9 Å². The van der Waals surface area contributed by atoms with E-state index in [1.165, 1.54) is 68.6 Å². The first-order valence-corrected chi connectivity index (χ1v) is 19.9. The number of hydrogen-bond donors (Lipinski definition) is 0. The number of benzene rings is 2. The van der Waals surface area contributed by atoms with Crippen molar-refractivity contribution in [3.8, 4) is 11.5 Å². The average molecular weight is 685 g/mol. The number of ketones is 1. The summed E-state index contributed by atoms with van der Waals surface area (Å²) in [6.07, 6.45) is 18.0. The summed E-state index contributed by atoms with van der Waals surface area (Å²) < 4.78 is 12.8. The van der Waals surface area contributed by atoms with Gasteiger partial charge in [-0.3, -0.25) is 19.3 Å². The lowest BCUT2D eigenvalue weighted by Gasteiger charge is -2.60. The largest absolute Gasteiger partial charge is 0.483 e. The lowest BCUT2D eigenvalue weighted by atomic mass is 9.51. The number of piperidine rings is 1. The van der Waals surface area contributed by atoms with Crippen molar-refractivity contribution in [2.45, 2.75) is 154 Å². The second kappa shape index (κ2) is 16.9. The Morgan fingerprint density at radius 2 is 1.64 bits per heavy atom. The monoisotopic (exact) mass is 684 g/mol. The van der Waals surface area contributed by atoms with E-state index < -0.39 is 0 Å². The Hall–Kier alpha value is -3.19. The highest BCUT2D eigenvalue weighted by Crippen LogP contribution is 2.64. The third kappa shape index (κ3) is 7.83. The molecule has 5 atom stereocenters. The zero-order valence-electron chi connectivity index (χ0n) is 30.9. The van der Waals surface area contributed by atoms with Crippen LogP contribution in [-0.4, -0.2) is 65.3 Å². The third-order valence-corrected chi connectivity index (χ3v) is 12.2. The predicted molar refractivity (Wildman–Crippen MR) is 198 cm³/mol. The van der Waals surface area contributed by atoms with Crippen LogP contribution in [0.3, 0.4) is 0 Å². The number of aryl methyl sites for hydroxylation is 1. The van der Waals surface area contributed by atoms with Crippen molar-refractivity contribution < 1.29 is 23.9 Å². The van der Waals surface area contributed by atoms with Crippen molar-refractivity contribution >= 4 is 17.7 Å². The van der Waals surface area contributed by atoms with Gasteiger partial charge < -0.3 is 14.4 Å². The van der Waals surface area contributed by atoms with Crippen LogP contribution in [0.15, 0.2) is 42.5 Å². The van der Waals surface area contributed by atoms with Gasteiger partial charge in [-0.15, -0.1) is 0 Å². The fourth-order valence-electron chi connectivity index (χ4n) is 10.1. The molecule has 272 valence electrons. The molecule has 1 spiro atoms. The van der Waals surface area contributed by atoms with Gasteiger partial charge in [0.25, 0.3) is 0 Å². The molecule has 50 heavy (non-hydrogen) atoms. The number of Topliss-reactive ketones (excluding diaryl/α,β-unsaturated/α-hetero) is 1. The summed E-state index contributed by atoms with van der Waals surface area (Å²) in [4.78, 5) is 43.3. The second-order valence-electron chi connectivity index (χ2n) is 15.7. The van der Waals surface area contributed by atoms with Crippen molar-refractivity contribution in [1.82, 2.24) is 9.80 Å². The highest BCUT2D eigenvalue weighted by molar-refractivity contribution is 5.78. The minimum atomic E-state index is -0.352. The zero-order chi connectivity index (χ0) is 35.1. The maximum atomic E-state index is 14.2. The Balaban J connectivity index is 1.11. The molecule has 2 aliphatic heterocycles. The van der Waals surface area contributed by atoms with E-state index in [1.54, 1.807) is 6.92 Å². The van der Waals surface area contributed by atoms with E-state index in [0.717, 1.165) is 76.6 Å². The van der Waals surface area contributed by atoms with Crippen molar-refractivity contribution in [3.63, 3.8) is 0 Å². The molecule has 1 saturated heterocycles. The highest BCUT2D eigenvalue weighted by Gasteiger charge is 2.66. The molecule has 2 aromatic carbocycles. The lowest BCUT2D eigenvalue weighted by molar-refractivity contribution is -0.143. The maximum Gasteiger partial charge on any atom is 0.308 e. The van der Waals surface area contributed by atoms with E-state index in [2.05, 4.69) is 53.1 Å². The highest BCUT2D eigenvalue weighted by atomic mass is 16.6. The summed E-state index contributed by atoms with van der Waals surface area (Å²) in [6.45, 7) is 7.43. The number of amides is 1. The van der Waals surface area contributed by atoms with Crippen molar-refractivity contribution in [2.24, 2.45) is 5.92 Å². The van der Waals surface area contributed by atoms with Gasteiger partial charge >= 0.3 is 5.97 Å². The number of rotatable bonds is 19. The molecule has 2 fully saturated rings. The van der Waals surface area contributed by atoms with Gasteiger partial charge in [0.1, 0.15) is 11.9 Å². The second-order valence-corrected chi connectivity index (χ2v) is 15.7. The van der Waals surface area contributed by atoms with Crippen LogP contribution in [0.2, 0.25) is 0 Å². The summed E-state index contributed by atoms with van der Waals surface area (Å²) in [5.41, 5.74) is 3.65. The van der Waals surface area contributed by atoms with Crippen molar-refractivity contribution in [2.75, 3.05) is 19.6 Å². The van der Waals surface area contributed by atoms with Gasteiger partial charge in [0.05, 0.1) is 12.6 Å². The molecule has 6 rings (SSSR count). The number of hydrogen-bond acceptors (Lipinski definition) is 6. The van der Waals surface area contributed by atoms with Crippen molar-refractivity contribution in [1.29, 1.82) is 0 Å². The fourth-order valence-corrected chi connectivity index (χ4v) is 10.1. The topological polar surface area (TPSA) is 76.2 Å². The number of likely N-dealkylation sites (tertiary alicyclic amines) is 1. The minimum Gasteiger partial charge on any atom is -0.483 e. The minimum absolute atomic E-state index is 0.0185.